The number of hydrogen-bond acceptors (Lipinski definition) is 3. The first-order valence-corrected chi connectivity index (χ1v) is 7.68. The smallest absolute Gasteiger partial charge is 0.341 e. The molecular formula is C17H9ClF4N2O3. The lowest BCUT2D eigenvalue weighted by molar-refractivity contribution is 0.0695. The van der Waals surface area contributed by atoms with Crippen molar-refractivity contribution in [2.45, 2.75) is 0 Å². The predicted molar refractivity (Wildman–Crippen MR) is 90.9 cm³/mol. The van der Waals surface area contributed by atoms with Crippen LogP contribution in [0.1, 0.15) is 10.4 Å². The first kappa shape index (κ1) is 18.7. The maximum Gasteiger partial charge on any atom is 0.341 e. The predicted octanol–water partition coefficient (Wildman–Crippen LogP) is 3.94. The number of rotatable bonds is 3. The fourth-order valence-electron chi connectivity index (χ4n) is 2.65. The van der Waals surface area contributed by atoms with Gasteiger partial charge in [0.25, 0.3) is 0 Å². The van der Waals surface area contributed by atoms with Gasteiger partial charge in [-0.3, -0.25) is 4.79 Å². The normalized spacial score (nSPS) is 11.0. The summed E-state index contributed by atoms with van der Waals surface area (Å²) in [4.78, 5) is 23.7. The van der Waals surface area contributed by atoms with E-state index < -0.39 is 61.8 Å². The number of halogens is 5. The molecule has 0 aliphatic heterocycles. The number of fused-ring (bicyclic) bond motifs is 1. The summed E-state index contributed by atoms with van der Waals surface area (Å²) in [6.45, 7) is 0. The minimum Gasteiger partial charge on any atom is -0.477 e. The van der Waals surface area contributed by atoms with Crippen LogP contribution in [-0.4, -0.2) is 22.7 Å². The Bertz CT molecular complexity index is 1180. The third-order valence-electron chi connectivity index (χ3n) is 3.92. The van der Waals surface area contributed by atoms with E-state index in [1.54, 1.807) is 0 Å². The number of carboxylic acid groups (broad SMARTS) is 1. The highest BCUT2D eigenvalue weighted by Crippen LogP contribution is 2.31. The van der Waals surface area contributed by atoms with E-state index in [9.17, 15) is 32.3 Å². The summed E-state index contributed by atoms with van der Waals surface area (Å²) in [5.41, 5.74) is -3.02. The number of nitrogens with one attached hydrogen (secondary N) is 1. The van der Waals surface area contributed by atoms with Gasteiger partial charge in [-0.15, -0.1) is 0 Å². The lowest BCUT2D eigenvalue weighted by Gasteiger charge is -2.16. The number of pyridine rings is 1. The topological polar surface area (TPSA) is 71.3 Å². The lowest BCUT2D eigenvalue weighted by Crippen LogP contribution is -2.19. The molecule has 3 aromatic rings. The molecule has 0 saturated heterocycles. The molecule has 0 atom stereocenters. The summed E-state index contributed by atoms with van der Waals surface area (Å²) in [5, 5.41) is 10.3. The summed E-state index contributed by atoms with van der Waals surface area (Å²) in [5.74, 6) is -6.74. The van der Waals surface area contributed by atoms with Gasteiger partial charge < -0.3 is 15.0 Å². The molecule has 0 spiro atoms. The molecule has 1 aromatic heterocycles. The second kappa shape index (κ2) is 6.58. The van der Waals surface area contributed by atoms with Crippen LogP contribution in [0.5, 0.6) is 0 Å². The van der Waals surface area contributed by atoms with Gasteiger partial charge in [0.2, 0.25) is 5.43 Å². The van der Waals surface area contributed by atoms with Crippen LogP contribution in [0.2, 0.25) is 5.02 Å². The first-order chi connectivity index (χ1) is 12.7. The minimum atomic E-state index is -1.67. The van der Waals surface area contributed by atoms with Gasteiger partial charge in [0, 0.05) is 19.3 Å². The van der Waals surface area contributed by atoms with Gasteiger partial charge in [0.05, 0.1) is 22.3 Å². The quantitative estimate of drug-likeness (QED) is 0.516. The first-order valence-electron chi connectivity index (χ1n) is 7.30. The summed E-state index contributed by atoms with van der Waals surface area (Å²) in [6.07, 6.45) is 0.714. The van der Waals surface area contributed by atoms with Crippen molar-refractivity contribution >= 4 is 34.2 Å². The summed E-state index contributed by atoms with van der Waals surface area (Å²) in [7, 11) is 1.36. The summed E-state index contributed by atoms with van der Waals surface area (Å²) in [6, 6.07) is 1.96. The van der Waals surface area contributed by atoms with E-state index in [1.165, 1.54) is 7.05 Å². The van der Waals surface area contributed by atoms with Crippen molar-refractivity contribution < 1.29 is 27.5 Å². The number of aromatic carboxylic acids is 1. The molecule has 0 aliphatic rings. The molecule has 5 nitrogen and oxygen atoms in total. The van der Waals surface area contributed by atoms with E-state index in [1.807, 2.05) is 0 Å². The number of carbonyl (C=O) groups is 1. The van der Waals surface area contributed by atoms with Crippen LogP contribution < -0.4 is 10.7 Å². The number of carboxylic acids is 1. The highest BCUT2D eigenvalue weighted by atomic mass is 35.5. The number of aromatic nitrogens is 1. The largest absolute Gasteiger partial charge is 0.477 e. The number of anilines is 1. The number of nitrogens with zero attached hydrogens (tertiary/aromatic N) is 1. The van der Waals surface area contributed by atoms with E-state index in [2.05, 4.69) is 5.32 Å². The van der Waals surface area contributed by atoms with Crippen molar-refractivity contribution in [3.05, 3.63) is 68.5 Å². The maximum absolute atomic E-state index is 14.4. The Hall–Kier alpha value is -3.07. The van der Waals surface area contributed by atoms with Crippen LogP contribution in [0.3, 0.4) is 0 Å². The van der Waals surface area contributed by atoms with Gasteiger partial charge in [-0.05, 0) is 12.1 Å². The molecule has 0 unspecified atom stereocenters. The van der Waals surface area contributed by atoms with Gasteiger partial charge in [0.1, 0.15) is 22.2 Å². The van der Waals surface area contributed by atoms with Gasteiger partial charge in [-0.1, -0.05) is 11.6 Å². The van der Waals surface area contributed by atoms with Gasteiger partial charge in [0.15, 0.2) is 11.6 Å². The molecule has 0 bridgehead atoms. The van der Waals surface area contributed by atoms with E-state index in [4.69, 9.17) is 11.6 Å². The van der Waals surface area contributed by atoms with Gasteiger partial charge in [-0.2, -0.15) is 0 Å². The zero-order valence-corrected chi connectivity index (χ0v) is 14.2. The van der Waals surface area contributed by atoms with Crippen LogP contribution >= 0.6 is 11.6 Å². The third kappa shape index (κ3) is 2.89. The number of benzene rings is 2. The summed E-state index contributed by atoms with van der Waals surface area (Å²) < 4.78 is 56.6. The molecule has 0 saturated carbocycles. The van der Waals surface area contributed by atoms with Crippen molar-refractivity contribution in [3.8, 4) is 5.69 Å². The molecule has 0 radical (unpaired) electrons. The van der Waals surface area contributed by atoms with Crippen molar-refractivity contribution in [1.82, 2.24) is 4.57 Å². The standard InChI is InChI=1S/C17H9ClF4N2O3/c1-23-11-4-12(9(20)3-8(11)19)24-5-7(17(26)27)16(25)6-2-10(21)14(22)13(18)15(6)24/h2-5,23H,1H3,(H,26,27). The zero-order valence-electron chi connectivity index (χ0n) is 13.4. The molecule has 1 heterocycles. The average molecular weight is 401 g/mol. The van der Waals surface area contributed by atoms with Crippen molar-refractivity contribution in [2.24, 2.45) is 0 Å². The van der Waals surface area contributed by atoms with Gasteiger partial charge >= 0.3 is 5.97 Å². The average Bonchev–Trinajstić information content (AvgIpc) is 2.61. The molecule has 2 aromatic carbocycles. The molecule has 0 fully saturated rings. The van der Waals surface area contributed by atoms with Crippen molar-refractivity contribution in [2.75, 3.05) is 12.4 Å². The second-order valence-electron chi connectivity index (χ2n) is 5.46. The molecular weight excluding hydrogens is 392 g/mol. The van der Waals surface area contributed by atoms with Crippen LogP contribution in [0.25, 0.3) is 16.6 Å². The zero-order chi connectivity index (χ0) is 20.0. The Morgan fingerprint density at radius 2 is 1.78 bits per heavy atom. The van der Waals surface area contributed by atoms with Crippen molar-refractivity contribution in [3.63, 3.8) is 0 Å². The molecule has 2 N–H and O–H groups in total. The third-order valence-corrected chi connectivity index (χ3v) is 4.27. The van der Waals surface area contributed by atoms with E-state index in [0.717, 1.165) is 10.6 Å². The molecule has 0 amide bonds. The van der Waals surface area contributed by atoms with Crippen LogP contribution in [0.4, 0.5) is 23.2 Å². The van der Waals surface area contributed by atoms with E-state index >= 15 is 0 Å². The van der Waals surface area contributed by atoms with Crippen LogP contribution in [0.15, 0.2) is 29.2 Å². The van der Waals surface area contributed by atoms with Crippen molar-refractivity contribution in [1.29, 1.82) is 0 Å². The van der Waals surface area contributed by atoms with Crippen LogP contribution in [-0.2, 0) is 0 Å². The SMILES string of the molecule is CNc1cc(-n2cc(C(=O)O)c(=O)c3cc(F)c(F)c(Cl)c32)c(F)cc1F. The Kier molecular flexibility index (Phi) is 4.56. The second-order valence-corrected chi connectivity index (χ2v) is 5.84. The molecule has 27 heavy (non-hydrogen) atoms. The Labute approximate surface area is 153 Å². The maximum atomic E-state index is 14.4. The summed E-state index contributed by atoms with van der Waals surface area (Å²) >= 11 is 5.81. The molecule has 140 valence electrons. The molecule has 10 heteroatoms. The minimum absolute atomic E-state index is 0.158. The van der Waals surface area contributed by atoms with E-state index in [0.29, 0.717) is 18.3 Å². The molecule has 3 rings (SSSR count). The Balaban J connectivity index is 2.57. The Morgan fingerprint density at radius 1 is 1.11 bits per heavy atom. The molecule has 0 aliphatic carbocycles. The fourth-order valence-corrected chi connectivity index (χ4v) is 2.93. The number of hydrogen-bond donors (Lipinski definition) is 2. The highest BCUT2D eigenvalue weighted by Gasteiger charge is 2.23. The Morgan fingerprint density at radius 3 is 2.37 bits per heavy atom. The highest BCUT2D eigenvalue weighted by molar-refractivity contribution is 6.35. The monoisotopic (exact) mass is 400 g/mol. The lowest BCUT2D eigenvalue weighted by atomic mass is 10.1. The van der Waals surface area contributed by atoms with E-state index in [-0.39, 0.29) is 5.69 Å². The van der Waals surface area contributed by atoms with Gasteiger partial charge in [-0.25, -0.2) is 22.4 Å². The fraction of sp³-hybridized carbons (Fsp3) is 0.0588. The van der Waals surface area contributed by atoms with Crippen LogP contribution in [0, 0.1) is 23.3 Å².